The maximum Gasteiger partial charge on any atom is 0.176 e. The Kier molecular flexibility index (Phi) is 4.62. The molecule has 2 aromatic rings. The molecule has 0 saturated heterocycles. The molecular formula is C13H18FN5O. The van der Waals surface area contributed by atoms with Gasteiger partial charge < -0.3 is 10.1 Å². The molecule has 0 aliphatic carbocycles. The monoisotopic (exact) mass is 279 g/mol. The van der Waals surface area contributed by atoms with Crippen molar-refractivity contribution in [3.05, 3.63) is 35.4 Å². The summed E-state index contributed by atoms with van der Waals surface area (Å²) < 4.78 is 18.7. The molecule has 2 rings (SSSR count). The van der Waals surface area contributed by atoms with E-state index in [1.54, 1.807) is 13.1 Å². The van der Waals surface area contributed by atoms with Crippen LogP contribution in [0, 0.1) is 5.82 Å². The summed E-state index contributed by atoms with van der Waals surface area (Å²) in [5.74, 6) is 0.483. The highest BCUT2D eigenvalue weighted by Gasteiger charge is 2.16. The Labute approximate surface area is 116 Å². The van der Waals surface area contributed by atoms with Crippen LogP contribution < -0.4 is 10.1 Å². The van der Waals surface area contributed by atoms with Crippen LogP contribution >= 0.6 is 0 Å². The molecule has 1 N–H and O–H groups in total. The van der Waals surface area contributed by atoms with Gasteiger partial charge in [-0.05, 0) is 29.5 Å². The first kappa shape index (κ1) is 14.4. The minimum Gasteiger partial charge on any atom is -0.494 e. The first-order valence-corrected chi connectivity index (χ1v) is 6.43. The zero-order valence-electron chi connectivity index (χ0n) is 11.8. The van der Waals surface area contributed by atoms with E-state index in [1.807, 2.05) is 13.0 Å². The third kappa shape index (κ3) is 3.30. The van der Waals surface area contributed by atoms with Crippen LogP contribution in [0.2, 0.25) is 0 Å². The summed E-state index contributed by atoms with van der Waals surface area (Å²) in [6.45, 7) is 2.76. The molecule has 0 bridgehead atoms. The molecule has 7 heteroatoms. The summed E-state index contributed by atoms with van der Waals surface area (Å²) in [5, 5.41) is 15.2. The summed E-state index contributed by atoms with van der Waals surface area (Å²) in [6.07, 6.45) is 0.549. The van der Waals surface area contributed by atoms with Crippen molar-refractivity contribution < 1.29 is 9.13 Å². The van der Waals surface area contributed by atoms with Gasteiger partial charge in [-0.25, -0.2) is 4.39 Å². The number of hydrogen-bond donors (Lipinski definition) is 1. The van der Waals surface area contributed by atoms with Gasteiger partial charge in [0.15, 0.2) is 17.4 Å². The fourth-order valence-electron chi connectivity index (χ4n) is 2.04. The predicted octanol–water partition coefficient (Wildman–Crippen LogP) is 1.25. The number of aromatic nitrogens is 4. The number of hydrogen-bond acceptors (Lipinski definition) is 5. The Morgan fingerprint density at radius 3 is 2.80 bits per heavy atom. The molecule has 0 fully saturated rings. The molecule has 0 saturated carbocycles. The van der Waals surface area contributed by atoms with Crippen molar-refractivity contribution in [1.82, 2.24) is 25.5 Å². The van der Waals surface area contributed by atoms with E-state index in [4.69, 9.17) is 4.74 Å². The maximum atomic E-state index is 13.8. The lowest BCUT2D eigenvalue weighted by molar-refractivity contribution is 0.385. The molecule has 0 aliphatic rings. The molecule has 1 aromatic carbocycles. The Balaban J connectivity index is 2.21. The van der Waals surface area contributed by atoms with Crippen molar-refractivity contribution in [1.29, 1.82) is 0 Å². The van der Waals surface area contributed by atoms with Gasteiger partial charge in [-0.1, -0.05) is 13.0 Å². The Bertz CT molecular complexity index is 572. The molecule has 0 spiro atoms. The van der Waals surface area contributed by atoms with Gasteiger partial charge in [0.05, 0.1) is 14.2 Å². The van der Waals surface area contributed by atoms with Gasteiger partial charge in [0.2, 0.25) is 0 Å². The molecule has 108 valence electrons. The minimum atomic E-state index is -0.375. The van der Waals surface area contributed by atoms with Crippen LogP contribution in [0.5, 0.6) is 5.75 Å². The number of ether oxygens (including phenoxy) is 1. The number of halogens is 1. The molecule has 20 heavy (non-hydrogen) atoms. The van der Waals surface area contributed by atoms with E-state index in [0.29, 0.717) is 12.2 Å². The number of likely N-dealkylation sites (N-methyl/N-ethyl adjacent to an activating group) is 1. The van der Waals surface area contributed by atoms with E-state index in [9.17, 15) is 4.39 Å². The zero-order valence-corrected chi connectivity index (χ0v) is 11.8. The van der Waals surface area contributed by atoms with Crippen molar-refractivity contribution in [2.24, 2.45) is 7.05 Å². The van der Waals surface area contributed by atoms with Crippen molar-refractivity contribution in [2.75, 3.05) is 13.7 Å². The lowest BCUT2D eigenvalue weighted by Gasteiger charge is -2.17. The second-order valence-electron chi connectivity index (χ2n) is 4.40. The van der Waals surface area contributed by atoms with Crippen molar-refractivity contribution in [3.63, 3.8) is 0 Å². The fourth-order valence-corrected chi connectivity index (χ4v) is 2.04. The van der Waals surface area contributed by atoms with Gasteiger partial charge in [0.1, 0.15) is 0 Å². The van der Waals surface area contributed by atoms with E-state index in [-0.39, 0.29) is 17.6 Å². The highest BCUT2D eigenvalue weighted by Crippen LogP contribution is 2.23. The van der Waals surface area contributed by atoms with Gasteiger partial charge in [-0.2, -0.15) is 4.80 Å². The van der Waals surface area contributed by atoms with Crippen LogP contribution in [-0.2, 0) is 13.5 Å². The van der Waals surface area contributed by atoms with Gasteiger partial charge in [-0.15, -0.1) is 10.2 Å². The third-order valence-electron chi connectivity index (χ3n) is 2.97. The normalized spacial score (nSPS) is 12.4. The van der Waals surface area contributed by atoms with E-state index >= 15 is 0 Å². The Hall–Kier alpha value is -2.02. The number of aryl methyl sites for hydroxylation is 1. The highest BCUT2D eigenvalue weighted by molar-refractivity contribution is 5.31. The smallest absolute Gasteiger partial charge is 0.176 e. The second-order valence-corrected chi connectivity index (χ2v) is 4.40. The number of tetrazole rings is 1. The molecule has 0 amide bonds. The van der Waals surface area contributed by atoms with Crippen molar-refractivity contribution >= 4 is 0 Å². The van der Waals surface area contributed by atoms with Crippen LogP contribution in [0.25, 0.3) is 0 Å². The lowest BCUT2D eigenvalue weighted by atomic mass is 10.0. The van der Waals surface area contributed by atoms with Crippen LogP contribution in [-0.4, -0.2) is 33.9 Å². The van der Waals surface area contributed by atoms with Gasteiger partial charge in [-0.3, -0.25) is 0 Å². The number of methoxy groups -OCH3 is 1. The van der Waals surface area contributed by atoms with Crippen molar-refractivity contribution in [2.45, 2.75) is 19.4 Å². The van der Waals surface area contributed by atoms with E-state index < -0.39 is 0 Å². The van der Waals surface area contributed by atoms with Gasteiger partial charge >= 0.3 is 0 Å². The standard InChI is InChI=1S/C13H18FN5O/c1-4-15-11(8-13-16-18-19(2)17-13)9-5-6-12(20-3)10(14)7-9/h5-7,11,15H,4,8H2,1-3H3. The van der Waals surface area contributed by atoms with E-state index in [2.05, 4.69) is 20.7 Å². The molecule has 6 nitrogen and oxygen atoms in total. The molecule has 1 heterocycles. The van der Waals surface area contributed by atoms with Crippen molar-refractivity contribution in [3.8, 4) is 5.75 Å². The van der Waals surface area contributed by atoms with E-state index in [1.165, 1.54) is 18.0 Å². The molecule has 1 aromatic heterocycles. The largest absolute Gasteiger partial charge is 0.494 e. The first-order chi connectivity index (χ1) is 9.63. The summed E-state index contributed by atoms with van der Waals surface area (Å²) >= 11 is 0. The lowest BCUT2D eigenvalue weighted by Crippen LogP contribution is -2.23. The minimum absolute atomic E-state index is 0.0652. The second kappa shape index (κ2) is 6.42. The van der Waals surface area contributed by atoms with E-state index in [0.717, 1.165) is 12.1 Å². The SMILES string of the molecule is CCNC(Cc1nnn(C)n1)c1ccc(OC)c(F)c1. The molecule has 1 unspecified atom stereocenters. The molecule has 0 radical (unpaired) electrons. The number of nitrogens with one attached hydrogen (secondary N) is 1. The van der Waals surface area contributed by atoms with Crippen LogP contribution in [0.3, 0.4) is 0 Å². The number of benzene rings is 1. The predicted molar refractivity (Wildman–Crippen MR) is 71.9 cm³/mol. The number of rotatable bonds is 6. The summed E-state index contributed by atoms with van der Waals surface area (Å²) in [4.78, 5) is 1.41. The summed E-state index contributed by atoms with van der Waals surface area (Å²) in [5.41, 5.74) is 0.831. The quantitative estimate of drug-likeness (QED) is 0.862. The fraction of sp³-hybridized carbons (Fsp3) is 0.462. The average molecular weight is 279 g/mol. The average Bonchev–Trinajstić information content (AvgIpc) is 2.83. The number of nitrogens with zero attached hydrogens (tertiary/aromatic N) is 4. The molecule has 0 aliphatic heterocycles. The zero-order chi connectivity index (χ0) is 14.5. The molecular weight excluding hydrogens is 261 g/mol. The maximum absolute atomic E-state index is 13.8. The van der Waals surface area contributed by atoms with Crippen LogP contribution in [0.1, 0.15) is 24.4 Å². The summed E-state index contributed by atoms with van der Waals surface area (Å²) in [6, 6.07) is 4.87. The third-order valence-corrected chi connectivity index (χ3v) is 2.97. The highest BCUT2D eigenvalue weighted by atomic mass is 19.1. The van der Waals surface area contributed by atoms with Gasteiger partial charge in [0, 0.05) is 12.5 Å². The topological polar surface area (TPSA) is 64.9 Å². The van der Waals surface area contributed by atoms with Crippen LogP contribution in [0.4, 0.5) is 4.39 Å². The first-order valence-electron chi connectivity index (χ1n) is 6.43. The van der Waals surface area contributed by atoms with Crippen LogP contribution in [0.15, 0.2) is 18.2 Å². The Morgan fingerprint density at radius 1 is 1.45 bits per heavy atom. The van der Waals surface area contributed by atoms with Gasteiger partial charge in [0.25, 0.3) is 0 Å². The Morgan fingerprint density at radius 2 is 2.25 bits per heavy atom. The summed E-state index contributed by atoms with van der Waals surface area (Å²) in [7, 11) is 3.16. The molecule has 1 atom stereocenters.